The molecule has 3 atom stereocenters. The van der Waals surface area contributed by atoms with Crippen molar-refractivity contribution in [3.63, 3.8) is 0 Å². The van der Waals surface area contributed by atoms with E-state index in [2.05, 4.69) is 6.92 Å². The van der Waals surface area contributed by atoms with Crippen LogP contribution in [-0.4, -0.2) is 24.1 Å². The fourth-order valence-corrected chi connectivity index (χ4v) is 3.57. The van der Waals surface area contributed by atoms with Crippen molar-refractivity contribution < 1.29 is 19.1 Å². The molecule has 0 N–H and O–H groups in total. The molecule has 1 rings (SSSR count). The molecule has 0 radical (unpaired) electrons. The molecule has 0 aliphatic heterocycles. The SMILES string of the molecule is CCCCCC1C(=O)CCC1C(C)C(=O)OCC(=O)CCC=C(C)C. The van der Waals surface area contributed by atoms with Gasteiger partial charge >= 0.3 is 5.97 Å². The molecule has 1 aliphatic rings. The summed E-state index contributed by atoms with van der Waals surface area (Å²) in [5.41, 5.74) is 1.18. The fraction of sp³-hybridized carbons (Fsp3) is 0.762. The van der Waals surface area contributed by atoms with Gasteiger partial charge in [0.25, 0.3) is 0 Å². The second kappa shape index (κ2) is 11.2. The van der Waals surface area contributed by atoms with E-state index in [9.17, 15) is 14.4 Å². The zero-order valence-corrected chi connectivity index (χ0v) is 16.3. The molecule has 1 aliphatic carbocycles. The molecule has 1 fully saturated rings. The average Bonchev–Trinajstić information content (AvgIpc) is 2.93. The van der Waals surface area contributed by atoms with Gasteiger partial charge in [0.2, 0.25) is 0 Å². The number of hydrogen-bond donors (Lipinski definition) is 0. The number of Topliss-reactive ketones (excluding diaryl/α,β-unsaturated/α-hetero) is 2. The highest BCUT2D eigenvalue weighted by Crippen LogP contribution is 2.38. The molecule has 0 aromatic rings. The first-order valence-corrected chi connectivity index (χ1v) is 9.71. The molecule has 0 aromatic heterocycles. The monoisotopic (exact) mass is 350 g/mol. The minimum Gasteiger partial charge on any atom is -0.457 e. The maximum Gasteiger partial charge on any atom is 0.309 e. The summed E-state index contributed by atoms with van der Waals surface area (Å²) in [5, 5.41) is 0. The maximum atomic E-state index is 12.3. The van der Waals surface area contributed by atoms with Gasteiger partial charge in [-0.05, 0) is 39.0 Å². The molecule has 25 heavy (non-hydrogen) atoms. The van der Waals surface area contributed by atoms with Crippen molar-refractivity contribution in [2.24, 2.45) is 17.8 Å². The van der Waals surface area contributed by atoms with Crippen molar-refractivity contribution in [3.8, 4) is 0 Å². The van der Waals surface area contributed by atoms with Gasteiger partial charge in [0, 0.05) is 18.8 Å². The first-order valence-electron chi connectivity index (χ1n) is 9.71. The summed E-state index contributed by atoms with van der Waals surface area (Å²) >= 11 is 0. The number of esters is 1. The van der Waals surface area contributed by atoms with Gasteiger partial charge in [-0.2, -0.15) is 0 Å². The van der Waals surface area contributed by atoms with Crippen LogP contribution in [0, 0.1) is 17.8 Å². The third kappa shape index (κ3) is 7.54. The van der Waals surface area contributed by atoms with Gasteiger partial charge in [-0.25, -0.2) is 0 Å². The van der Waals surface area contributed by atoms with Crippen molar-refractivity contribution in [1.82, 2.24) is 0 Å². The highest BCUT2D eigenvalue weighted by atomic mass is 16.5. The van der Waals surface area contributed by atoms with E-state index in [1.54, 1.807) is 0 Å². The molecule has 142 valence electrons. The lowest BCUT2D eigenvalue weighted by atomic mass is 9.82. The number of carbonyl (C=O) groups excluding carboxylic acids is 3. The van der Waals surface area contributed by atoms with E-state index in [1.807, 2.05) is 26.8 Å². The van der Waals surface area contributed by atoms with E-state index < -0.39 is 0 Å². The van der Waals surface area contributed by atoms with Crippen LogP contribution in [0.4, 0.5) is 0 Å². The lowest BCUT2D eigenvalue weighted by molar-refractivity contribution is -0.153. The second-order valence-corrected chi connectivity index (χ2v) is 7.53. The van der Waals surface area contributed by atoms with Crippen LogP contribution >= 0.6 is 0 Å². The van der Waals surface area contributed by atoms with Crippen LogP contribution in [0.3, 0.4) is 0 Å². The number of carbonyl (C=O) groups is 3. The van der Waals surface area contributed by atoms with Crippen molar-refractivity contribution >= 4 is 17.5 Å². The van der Waals surface area contributed by atoms with E-state index in [-0.39, 0.29) is 36.1 Å². The summed E-state index contributed by atoms with van der Waals surface area (Å²) in [6, 6.07) is 0. The minimum atomic E-state index is -0.337. The lowest BCUT2D eigenvalue weighted by Crippen LogP contribution is -2.29. The lowest BCUT2D eigenvalue weighted by Gasteiger charge is -2.23. The number of hydrogen-bond acceptors (Lipinski definition) is 4. The molecule has 4 heteroatoms. The smallest absolute Gasteiger partial charge is 0.309 e. The average molecular weight is 350 g/mol. The van der Waals surface area contributed by atoms with Gasteiger partial charge in [-0.1, -0.05) is 44.8 Å². The third-order valence-electron chi connectivity index (χ3n) is 5.14. The molecule has 0 aromatic carbocycles. The van der Waals surface area contributed by atoms with Gasteiger partial charge in [0.05, 0.1) is 5.92 Å². The molecule has 0 amide bonds. The van der Waals surface area contributed by atoms with E-state index in [0.717, 1.165) is 32.1 Å². The highest BCUT2D eigenvalue weighted by molar-refractivity contribution is 5.86. The Hall–Kier alpha value is -1.45. The Bertz CT molecular complexity index is 488. The first kappa shape index (κ1) is 21.6. The summed E-state index contributed by atoms with van der Waals surface area (Å²) in [6.45, 7) is 7.81. The Labute approximate surface area is 152 Å². The van der Waals surface area contributed by atoms with Crippen LogP contribution in [0.15, 0.2) is 11.6 Å². The van der Waals surface area contributed by atoms with Gasteiger partial charge in [0.1, 0.15) is 12.4 Å². The van der Waals surface area contributed by atoms with Crippen molar-refractivity contribution in [2.75, 3.05) is 6.61 Å². The van der Waals surface area contributed by atoms with Crippen molar-refractivity contribution in [3.05, 3.63) is 11.6 Å². The molecule has 0 saturated heterocycles. The summed E-state index contributed by atoms with van der Waals surface area (Å²) < 4.78 is 5.22. The Morgan fingerprint density at radius 2 is 2.00 bits per heavy atom. The quantitative estimate of drug-likeness (QED) is 0.309. The number of ether oxygens (including phenoxy) is 1. The van der Waals surface area contributed by atoms with Gasteiger partial charge in [-0.3, -0.25) is 14.4 Å². The first-order chi connectivity index (χ1) is 11.9. The van der Waals surface area contributed by atoms with Crippen LogP contribution in [0.5, 0.6) is 0 Å². The Morgan fingerprint density at radius 3 is 2.64 bits per heavy atom. The molecular formula is C21H34O4. The predicted octanol–water partition coefficient (Wildman–Crippen LogP) is 4.66. The van der Waals surface area contributed by atoms with E-state index in [0.29, 0.717) is 25.0 Å². The van der Waals surface area contributed by atoms with E-state index in [4.69, 9.17) is 4.74 Å². The minimum absolute atomic E-state index is 0.0116. The van der Waals surface area contributed by atoms with Crippen LogP contribution in [0.2, 0.25) is 0 Å². The van der Waals surface area contributed by atoms with E-state index in [1.165, 1.54) is 5.57 Å². The largest absolute Gasteiger partial charge is 0.457 e. The number of ketones is 2. The number of allylic oxidation sites excluding steroid dienone is 2. The molecule has 3 unspecified atom stereocenters. The predicted molar refractivity (Wildman–Crippen MR) is 99.2 cm³/mol. The van der Waals surface area contributed by atoms with Crippen LogP contribution in [0.25, 0.3) is 0 Å². The number of unbranched alkanes of at least 4 members (excludes halogenated alkanes) is 2. The second-order valence-electron chi connectivity index (χ2n) is 7.53. The molecule has 0 bridgehead atoms. The molecule has 1 saturated carbocycles. The van der Waals surface area contributed by atoms with Crippen molar-refractivity contribution in [1.29, 1.82) is 0 Å². The zero-order chi connectivity index (χ0) is 18.8. The highest BCUT2D eigenvalue weighted by Gasteiger charge is 2.40. The Kier molecular flexibility index (Phi) is 9.69. The fourth-order valence-electron chi connectivity index (χ4n) is 3.57. The maximum absolute atomic E-state index is 12.3. The van der Waals surface area contributed by atoms with Gasteiger partial charge in [0.15, 0.2) is 5.78 Å². The normalized spacial score (nSPS) is 21.0. The van der Waals surface area contributed by atoms with Crippen LogP contribution in [-0.2, 0) is 19.1 Å². The summed E-state index contributed by atoms with van der Waals surface area (Å²) in [4.78, 5) is 36.2. The van der Waals surface area contributed by atoms with Gasteiger partial charge in [-0.15, -0.1) is 0 Å². The topological polar surface area (TPSA) is 60.4 Å². The van der Waals surface area contributed by atoms with Crippen molar-refractivity contribution in [2.45, 2.75) is 79.1 Å². The van der Waals surface area contributed by atoms with Crippen LogP contribution in [0.1, 0.15) is 79.1 Å². The Balaban J connectivity index is 2.44. The standard InChI is InChI=1S/C21H34O4/c1-5-6-7-11-19-18(12-13-20(19)23)16(4)21(24)25-14-17(22)10-8-9-15(2)3/h9,16,18-19H,5-8,10-14H2,1-4H3. The van der Waals surface area contributed by atoms with E-state index >= 15 is 0 Å². The van der Waals surface area contributed by atoms with Gasteiger partial charge < -0.3 is 4.74 Å². The summed E-state index contributed by atoms with van der Waals surface area (Å²) in [6.07, 6.45) is 8.58. The summed E-state index contributed by atoms with van der Waals surface area (Å²) in [7, 11) is 0. The number of rotatable bonds is 11. The molecular weight excluding hydrogens is 316 g/mol. The molecule has 4 nitrogen and oxygen atoms in total. The Morgan fingerprint density at radius 1 is 1.28 bits per heavy atom. The van der Waals surface area contributed by atoms with Crippen LogP contribution < -0.4 is 0 Å². The molecule has 0 spiro atoms. The molecule has 0 heterocycles. The summed E-state index contributed by atoms with van der Waals surface area (Å²) in [5.74, 6) is -0.363. The third-order valence-corrected chi connectivity index (χ3v) is 5.14. The zero-order valence-electron chi connectivity index (χ0n) is 16.3.